The van der Waals surface area contributed by atoms with Crippen LogP contribution in [0.25, 0.3) is 0 Å². The number of hydrogen-bond donors (Lipinski definition) is 1. The van der Waals surface area contributed by atoms with E-state index < -0.39 is 5.54 Å². The van der Waals surface area contributed by atoms with Gasteiger partial charge in [-0.05, 0) is 44.7 Å². The number of nitrogens with one attached hydrogen (secondary N) is 1. The molecular weight excluding hydrogens is 267 g/mol. The molecule has 21 heavy (non-hydrogen) atoms. The number of benzene rings is 1. The second kappa shape index (κ2) is 6.88. The highest BCUT2D eigenvalue weighted by Crippen LogP contribution is 2.17. The lowest BCUT2D eigenvalue weighted by molar-refractivity contribution is 0.235. The first-order chi connectivity index (χ1) is 10.1. The molecule has 0 bridgehead atoms. The van der Waals surface area contributed by atoms with Crippen molar-refractivity contribution in [1.29, 1.82) is 5.26 Å². The Bertz CT molecular complexity index is 488. The number of hydrogen-bond acceptors (Lipinski definition) is 4. The molecule has 5 heteroatoms. The number of halogens is 1. The second-order valence-electron chi connectivity index (χ2n) is 5.75. The lowest BCUT2D eigenvalue weighted by Gasteiger charge is -2.37. The molecule has 1 heterocycles. The van der Waals surface area contributed by atoms with E-state index in [9.17, 15) is 4.39 Å². The van der Waals surface area contributed by atoms with Crippen molar-refractivity contribution in [1.82, 2.24) is 10.2 Å². The maximum absolute atomic E-state index is 12.9. The molecule has 1 N–H and O–H groups in total. The maximum atomic E-state index is 12.9. The van der Waals surface area contributed by atoms with E-state index in [1.165, 1.54) is 12.1 Å². The maximum Gasteiger partial charge on any atom is 0.123 e. The van der Waals surface area contributed by atoms with Gasteiger partial charge in [-0.1, -0.05) is 0 Å². The lowest BCUT2D eigenvalue weighted by Crippen LogP contribution is -2.49. The zero-order valence-corrected chi connectivity index (χ0v) is 12.8. The van der Waals surface area contributed by atoms with Crippen LogP contribution in [0.15, 0.2) is 24.3 Å². The Labute approximate surface area is 126 Å². The van der Waals surface area contributed by atoms with Gasteiger partial charge in [0.2, 0.25) is 0 Å². The molecule has 1 aliphatic rings. The van der Waals surface area contributed by atoms with Crippen LogP contribution in [0.3, 0.4) is 0 Å². The number of rotatable bonds is 5. The van der Waals surface area contributed by atoms with Crippen molar-refractivity contribution in [2.75, 3.05) is 44.7 Å². The topological polar surface area (TPSA) is 42.3 Å². The van der Waals surface area contributed by atoms with Gasteiger partial charge in [0.05, 0.1) is 6.07 Å². The number of anilines is 1. The molecule has 1 aliphatic heterocycles. The molecular formula is C16H23FN4. The van der Waals surface area contributed by atoms with Crippen LogP contribution in [0.2, 0.25) is 0 Å². The SMILES string of the molecule is CNC(C)(C#N)CCN1CCN(c2ccc(F)cc2)CC1. The molecule has 2 rings (SSSR count). The van der Waals surface area contributed by atoms with E-state index in [-0.39, 0.29) is 5.82 Å². The smallest absolute Gasteiger partial charge is 0.123 e. The molecule has 0 aliphatic carbocycles. The zero-order chi connectivity index (χ0) is 15.3. The van der Waals surface area contributed by atoms with Crippen molar-refractivity contribution < 1.29 is 4.39 Å². The molecule has 0 aromatic heterocycles. The van der Waals surface area contributed by atoms with E-state index >= 15 is 0 Å². The quantitative estimate of drug-likeness (QED) is 0.898. The molecule has 0 radical (unpaired) electrons. The monoisotopic (exact) mass is 290 g/mol. The van der Waals surface area contributed by atoms with Gasteiger partial charge in [0.25, 0.3) is 0 Å². The van der Waals surface area contributed by atoms with E-state index in [4.69, 9.17) is 5.26 Å². The van der Waals surface area contributed by atoms with Gasteiger partial charge in [0, 0.05) is 38.4 Å². The summed E-state index contributed by atoms with van der Waals surface area (Å²) in [5.74, 6) is -0.194. The van der Waals surface area contributed by atoms with Crippen LogP contribution in [-0.2, 0) is 0 Å². The molecule has 4 nitrogen and oxygen atoms in total. The minimum atomic E-state index is -0.450. The Kier molecular flexibility index (Phi) is 5.16. The predicted molar refractivity (Wildman–Crippen MR) is 82.7 cm³/mol. The van der Waals surface area contributed by atoms with Crippen LogP contribution < -0.4 is 10.2 Å². The van der Waals surface area contributed by atoms with Crippen LogP contribution in [-0.4, -0.2) is 50.2 Å². The normalized spacial score (nSPS) is 19.0. The molecule has 114 valence electrons. The Hall–Kier alpha value is -1.64. The summed E-state index contributed by atoms with van der Waals surface area (Å²) in [6.45, 7) is 6.68. The fraction of sp³-hybridized carbons (Fsp3) is 0.562. The van der Waals surface area contributed by atoms with Gasteiger partial charge in [0.1, 0.15) is 11.4 Å². The van der Waals surface area contributed by atoms with E-state index in [1.807, 2.05) is 26.1 Å². The van der Waals surface area contributed by atoms with E-state index in [0.29, 0.717) is 0 Å². The molecule has 0 saturated carbocycles. The highest BCUT2D eigenvalue weighted by Gasteiger charge is 2.24. The fourth-order valence-electron chi connectivity index (χ4n) is 2.50. The van der Waals surface area contributed by atoms with Gasteiger partial charge in [-0.25, -0.2) is 4.39 Å². The highest BCUT2D eigenvalue weighted by molar-refractivity contribution is 5.46. The molecule has 1 aromatic rings. The first kappa shape index (κ1) is 15.7. The van der Waals surface area contributed by atoms with Gasteiger partial charge in [-0.15, -0.1) is 0 Å². The summed E-state index contributed by atoms with van der Waals surface area (Å²) in [5, 5.41) is 12.2. The summed E-state index contributed by atoms with van der Waals surface area (Å²) in [7, 11) is 1.83. The standard InChI is InChI=1S/C16H23FN4/c1-16(13-18,19-2)7-8-20-9-11-21(12-10-20)15-5-3-14(17)4-6-15/h3-6,19H,7-12H2,1-2H3. The fourth-order valence-corrected chi connectivity index (χ4v) is 2.50. The number of nitrogens with zero attached hydrogens (tertiary/aromatic N) is 3. The molecule has 1 atom stereocenters. The van der Waals surface area contributed by atoms with Gasteiger partial charge in [0.15, 0.2) is 0 Å². The lowest BCUT2D eigenvalue weighted by atomic mass is 10.00. The van der Waals surface area contributed by atoms with Crippen molar-refractivity contribution in [2.24, 2.45) is 0 Å². The average Bonchev–Trinajstić information content (AvgIpc) is 2.54. The summed E-state index contributed by atoms with van der Waals surface area (Å²) >= 11 is 0. The highest BCUT2D eigenvalue weighted by atomic mass is 19.1. The third kappa shape index (κ3) is 4.16. The first-order valence-corrected chi connectivity index (χ1v) is 7.39. The van der Waals surface area contributed by atoms with Crippen LogP contribution in [0.1, 0.15) is 13.3 Å². The van der Waals surface area contributed by atoms with Crippen LogP contribution in [0.5, 0.6) is 0 Å². The summed E-state index contributed by atoms with van der Waals surface area (Å²) in [6.07, 6.45) is 0.816. The van der Waals surface area contributed by atoms with Crippen molar-refractivity contribution in [3.8, 4) is 6.07 Å². The summed E-state index contributed by atoms with van der Waals surface area (Å²) in [5.41, 5.74) is 0.627. The Balaban J connectivity index is 1.81. The largest absolute Gasteiger partial charge is 0.369 e. The molecule has 1 aromatic carbocycles. The minimum Gasteiger partial charge on any atom is -0.369 e. The zero-order valence-electron chi connectivity index (χ0n) is 12.8. The molecule has 0 spiro atoms. The van der Waals surface area contributed by atoms with Crippen LogP contribution >= 0.6 is 0 Å². The second-order valence-corrected chi connectivity index (χ2v) is 5.75. The number of piperazine rings is 1. The summed E-state index contributed by atoms with van der Waals surface area (Å²) < 4.78 is 12.9. The third-order valence-electron chi connectivity index (χ3n) is 4.29. The van der Waals surface area contributed by atoms with Gasteiger partial charge in [-0.2, -0.15) is 5.26 Å². The summed E-state index contributed by atoms with van der Waals surface area (Å²) in [6, 6.07) is 9.00. The first-order valence-electron chi connectivity index (χ1n) is 7.39. The summed E-state index contributed by atoms with van der Waals surface area (Å²) in [4.78, 5) is 4.66. The minimum absolute atomic E-state index is 0.194. The van der Waals surface area contributed by atoms with Gasteiger partial charge >= 0.3 is 0 Å². The van der Waals surface area contributed by atoms with Gasteiger partial charge < -0.3 is 10.2 Å². The molecule has 1 unspecified atom stereocenters. The molecule has 1 saturated heterocycles. The van der Waals surface area contributed by atoms with Crippen LogP contribution in [0.4, 0.5) is 10.1 Å². The van der Waals surface area contributed by atoms with Crippen molar-refractivity contribution in [2.45, 2.75) is 18.9 Å². The molecule has 0 amide bonds. The van der Waals surface area contributed by atoms with E-state index in [0.717, 1.165) is 44.8 Å². The predicted octanol–water partition coefficient (Wildman–Crippen LogP) is 1.84. The number of nitriles is 1. The van der Waals surface area contributed by atoms with Crippen molar-refractivity contribution >= 4 is 5.69 Å². The Morgan fingerprint density at radius 1 is 1.24 bits per heavy atom. The van der Waals surface area contributed by atoms with Gasteiger partial charge in [-0.3, -0.25) is 4.90 Å². The Morgan fingerprint density at radius 2 is 1.86 bits per heavy atom. The third-order valence-corrected chi connectivity index (χ3v) is 4.29. The van der Waals surface area contributed by atoms with E-state index in [2.05, 4.69) is 21.2 Å². The molecule has 1 fully saturated rings. The van der Waals surface area contributed by atoms with Crippen LogP contribution in [0, 0.1) is 17.1 Å². The average molecular weight is 290 g/mol. The van der Waals surface area contributed by atoms with Crippen molar-refractivity contribution in [3.63, 3.8) is 0 Å². The van der Waals surface area contributed by atoms with Crippen molar-refractivity contribution in [3.05, 3.63) is 30.1 Å². The van der Waals surface area contributed by atoms with E-state index in [1.54, 1.807) is 0 Å². The Morgan fingerprint density at radius 3 is 2.38 bits per heavy atom.